The average Bonchev–Trinajstić information content (AvgIpc) is 2.29. The van der Waals surface area contributed by atoms with Gasteiger partial charge in [-0.05, 0) is 19.4 Å². The molecule has 1 N–H and O–H groups in total. The van der Waals surface area contributed by atoms with Crippen LogP contribution in [0, 0.1) is 0 Å². The molecular weight excluding hydrogens is 204 g/mol. The number of rotatable bonds is 7. The monoisotopic (exact) mass is 224 g/mol. The number of hydrogen-bond acceptors (Lipinski definition) is 5. The molecule has 1 aromatic heterocycles. The first-order valence-corrected chi connectivity index (χ1v) is 5.56. The maximum Gasteiger partial charge on any atom is 0.226 e. The zero-order valence-electron chi connectivity index (χ0n) is 10.2. The largest absolute Gasteiger partial charge is 0.382 e. The molecule has 5 nitrogen and oxygen atoms in total. The first-order chi connectivity index (χ1) is 7.74. The highest BCUT2D eigenvalue weighted by molar-refractivity contribution is 5.40. The van der Waals surface area contributed by atoms with Crippen molar-refractivity contribution in [2.24, 2.45) is 0 Å². The molecule has 0 saturated heterocycles. The van der Waals surface area contributed by atoms with Gasteiger partial charge in [0.2, 0.25) is 5.95 Å². The lowest BCUT2D eigenvalue weighted by atomic mass is 10.4. The van der Waals surface area contributed by atoms with E-state index in [0.717, 1.165) is 37.9 Å². The molecule has 1 aromatic rings. The first-order valence-electron chi connectivity index (χ1n) is 5.56. The van der Waals surface area contributed by atoms with Crippen molar-refractivity contribution >= 4 is 11.8 Å². The van der Waals surface area contributed by atoms with E-state index in [1.165, 1.54) is 0 Å². The minimum atomic E-state index is 0.717. The highest BCUT2D eigenvalue weighted by Crippen LogP contribution is 2.07. The minimum absolute atomic E-state index is 0.717. The lowest BCUT2D eigenvalue weighted by Crippen LogP contribution is -2.14. The quantitative estimate of drug-likeness (QED) is 0.709. The summed E-state index contributed by atoms with van der Waals surface area (Å²) in [7, 11) is 3.85. The predicted molar refractivity (Wildman–Crippen MR) is 66.0 cm³/mol. The van der Waals surface area contributed by atoms with E-state index in [0.29, 0.717) is 0 Å². The van der Waals surface area contributed by atoms with Crippen LogP contribution < -0.4 is 10.2 Å². The second kappa shape index (κ2) is 7.00. The molecule has 1 rings (SSSR count). The van der Waals surface area contributed by atoms with Crippen molar-refractivity contribution in [1.29, 1.82) is 0 Å². The molecule has 0 radical (unpaired) electrons. The van der Waals surface area contributed by atoms with Crippen LogP contribution in [0.5, 0.6) is 0 Å². The maximum absolute atomic E-state index is 5.25. The molecule has 0 bridgehead atoms. The molecule has 0 aliphatic rings. The Morgan fingerprint density at radius 3 is 2.94 bits per heavy atom. The topological polar surface area (TPSA) is 50.3 Å². The Labute approximate surface area is 96.8 Å². The molecule has 0 atom stereocenters. The van der Waals surface area contributed by atoms with Crippen molar-refractivity contribution in [3.63, 3.8) is 0 Å². The summed E-state index contributed by atoms with van der Waals surface area (Å²) in [6.07, 6.45) is 2.74. The van der Waals surface area contributed by atoms with Crippen LogP contribution in [0.4, 0.5) is 11.8 Å². The van der Waals surface area contributed by atoms with Gasteiger partial charge in [0, 0.05) is 40.1 Å². The fourth-order valence-electron chi connectivity index (χ4n) is 1.20. The second-order valence-corrected chi connectivity index (χ2v) is 3.61. The molecular formula is C11H20N4O. The van der Waals surface area contributed by atoms with E-state index in [4.69, 9.17) is 4.74 Å². The Hall–Kier alpha value is -1.36. The van der Waals surface area contributed by atoms with Crippen LogP contribution in [0.2, 0.25) is 0 Å². The molecule has 0 aromatic carbocycles. The standard InChI is InChI=1S/C11H20N4O/c1-4-16-9-5-7-12-10-6-8-13-11(14-10)15(2)3/h6,8H,4-5,7,9H2,1-3H3,(H,12,13,14). The van der Waals surface area contributed by atoms with E-state index in [9.17, 15) is 0 Å². The number of nitrogens with one attached hydrogen (secondary N) is 1. The lowest BCUT2D eigenvalue weighted by Gasteiger charge is -2.11. The molecule has 0 unspecified atom stereocenters. The number of anilines is 2. The zero-order valence-corrected chi connectivity index (χ0v) is 10.2. The van der Waals surface area contributed by atoms with Gasteiger partial charge in [-0.1, -0.05) is 0 Å². The summed E-state index contributed by atoms with van der Waals surface area (Å²) >= 11 is 0. The second-order valence-electron chi connectivity index (χ2n) is 3.61. The van der Waals surface area contributed by atoms with Gasteiger partial charge >= 0.3 is 0 Å². The minimum Gasteiger partial charge on any atom is -0.382 e. The summed E-state index contributed by atoms with van der Waals surface area (Å²) in [5.41, 5.74) is 0. The fourth-order valence-corrected chi connectivity index (χ4v) is 1.20. The van der Waals surface area contributed by atoms with Crippen LogP contribution in [0.25, 0.3) is 0 Å². The zero-order chi connectivity index (χ0) is 11.8. The third-order valence-electron chi connectivity index (χ3n) is 2.02. The van der Waals surface area contributed by atoms with Crippen molar-refractivity contribution in [3.8, 4) is 0 Å². The summed E-state index contributed by atoms with van der Waals surface area (Å²) in [6, 6.07) is 1.87. The molecule has 90 valence electrons. The summed E-state index contributed by atoms with van der Waals surface area (Å²) in [5, 5.41) is 3.24. The van der Waals surface area contributed by atoms with Crippen LogP contribution in [0.15, 0.2) is 12.3 Å². The molecule has 0 aliphatic carbocycles. The average molecular weight is 224 g/mol. The van der Waals surface area contributed by atoms with Crippen LogP contribution >= 0.6 is 0 Å². The van der Waals surface area contributed by atoms with Crippen molar-refractivity contribution < 1.29 is 4.74 Å². The van der Waals surface area contributed by atoms with Crippen LogP contribution in [-0.2, 0) is 4.74 Å². The molecule has 0 saturated carbocycles. The summed E-state index contributed by atoms with van der Waals surface area (Å²) in [5.74, 6) is 1.57. The van der Waals surface area contributed by atoms with Gasteiger partial charge in [-0.3, -0.25) is 0 Å². The van der Waals surface area contributed by atoms with E-state index >= 15 is 0 Å². The van der Waals surface area contributed by atoms with Gasteiger partial charge in [0.25, 0.3) is 0 Å². The maximum atomic E-state index is 5.25. The Balaban J connectivity index is 2.33. The van der Waals surface area contributed by atoms with Gasteiger partial charge in [-0.15, -0.1) is 0 Å². The Morgan fingerprint density at radius 2 is 2.25 bits per heavy atom. The molecule has 1 heterocycles. The van der Waals surface area contributed by atoms with Gasteiger partial charge < -0.3 is 15.0 Å². The SMILES string of the molecule is CCOCCCNc1ccnc(N(C)C)n1. The predicted octanol–water partition coefficient (Wildman–Crippen LogP) is 1.38. The van der Waals surface area contributed by atoms with Gasteiger partial charge in [-0.25, -0.2) is 4.98 Å². The molecule has 5 heteroatoms. The van der Waals surface area contributed by atoms with Crippen LogP contribution in [0.3, 0.4) is 0 Å². The molecule has 0 spiro atoms. The lowest BCUT2D eigenvalue weighted by molar-refractivity contribution is 0.147. The number of ether oxygens (including phenoxy) is 1. The Kier molecular flexibility index (Phi) is 5.56. The Morgan fingerprint density at radius 1 is 1.44 bits per heavy atom. The van der Waals surface area contributed by atoms with Gasteiger partial charge in [0.05, 0.1) is 0 Å². The van der Waals surface area contributed by atoms with Crippen LogP contribution in [0.1, 0.15) is 13.3 Å². The van der Waals surface area contributed by atoms with Gasteiger partial charge in [0.15, 0.2) is 0 Å². The first kappa shape index (κ1) is 12.7. The van der Waals surface area contributed by atoms with E-state index in [-0.39, 0.29) is 0 Å². The number of nitrogens with zero attached hydrogens (tertiary/aromatic N) is 3. The normalized spacial score (nSPS) is 10.2. The highest BCUT2D eigenvalue weighted by Gasteiger charge is 1.99. The molecule has 0 fully saturated rings. The van der Waals surface area contributed by atoms with Crippen molar-refractivity contribution in [3.05, 3.63) is 12.3 Å². The van der Waals surface area contributed by atoms with Crippen molar-refractivity contribution in [2.45, 2.75) is 13.3 Å². The third-order valence-corrected chi connectivity index (χ3v) is 2.02. The van der Waals surface area contributed by atoms with Gasteiger partial charge in [-0.2, -0.15) is 4.98 Å². The van der Waals surface area contributed by atoms with E-state index in [1.807, 2.05) is 32.0 Å². The molecule has 0 aliphatic heterocycles. The summed E-state index contributed by atoms with van der Waals surface area (Å²) in [4.78, 5) is 10.4. The number of hydrogen-bond donors (Lipinski definition) is 1. The van der Waals surface area contributed by atoms with E-state index in [2.05, 4.69) is 15.3 Å². The summed E-state index contributed by atoms with van der Waals surface area (Å²) < 4.78 is 5.25. The van der Waals surface area contributed by atoms with Crippen LogP contribution in [-0.4, -0.2) is 43.8 Å². The highest BCUT2D eigenvalue weighted by atomic mass is 16.5. The number of aromatic nitrogens is 2. The molecule has 16 heavy (non-hydrogen) atoms. The van der Waals surface area contributed by atoms with E-state index in [1.54, 1.807) is 6.20 Å². The summed E-state index contributed by atoms with van der Waals surface area (Å²) in [6.45, 7) is 4.43. The van der Waals surface area contributed by atoms with Crippen molar-refractivity contribution in [2.75, 3.05) is 44.1 Å². The van der Waals surface area contributed by atoms with E-state index < -0.39 is 0 Å². The fraction of sp³-hybridized carbons (Fsp3) is 0.636. The third kappa shape index (κ3) is 4.44. The smallest absolute Gasteiger partial charge is 0.226 e. The van der Waals surface area contributed by atoms with Crippen molar-refractivity contribution in [1.82, 2.24) is 9.97 Å². The van der Waals surface area contributed by atoms with Gasteiger partial charge in [0.1, 0.15) is 5.82 Å². The molecule has 0 amide bonds. The Bertz CT molecular complexity index is 304.